The van der Waals surface area contributed by atoms with E-state index in [1.807, 2.05) is 32.0 Å². The first kappa shape index (κ1) is 22.7. The van der Waals surface area contributed by atoms with Gasteiger partial charge in [0.05, 0.1) is 16.6 Å². The molecule has 0 aliphatic carbocycles. The Morgan fingerprint density at radius 3 is 2.33 bits per heavy atom. The molecule has 1 heterocycles. The summed E-state index contributed by atoms with van der Waals surface area (Å²) in [5.41, 5.74) is 2.20. The number of anilines is 1. The van der Waals surface area contributed by atoms with E-state index in [-0.39, 0.29) is 17.5 Å². The first-order valence-electron chi connectivity index (χ1n) is 10.7. The molecule has 0 aromatic heterocycles. The smallest absolute Gasteiger partial charge is 0.264 e. The van der Waals surface area contributed by atoms with Gasteiger partial charge in [0, 0.05) is 0 Å². The van der Waals surface area contributed by atoms with Crippen LogP contribution in [0.3, 0.4) is 0 Å². The molecular formula is C25H26N2O5S. The van der Waals surface area contributed by atoms with E-state index in [4.69, 9.17) is 9.47 Å². The average Bonchev–Trinajstić information content (AvgIpc) is 2.83. The second-order valence-corrected chi connectivity index (χ2v) is 9.71. The maximum atomic E-state index is 13.4. The van der Waals surface area contributed by atoms with E-state index >= 15 is 0 Å². The quantitative estimate of drug-likeness (QED) is 0.572. The van der Waals surface area contributed by atoms with E-state index in [0.29, 0.717) is 30.4 Å². The van der Waals surface area contributed by atoms with Crippen LogP contribution in [0, 0.1) is 6.92 Å². The molecule has 0 saturated heterocycles. The number of amides is 1. The van der Waals surface area contributed by atoms with E-state index in [1.165, 1.54) is 0 Å². The lowest BCUT2D eigenvalue weighted by Crippen LogP contribution is -2.41. The molecule has 3 aromatic carbocycles. The van der Waals surface area contributed by atoms with Crippen molar-refractivity contribution in [2.75, 3.05) is 24.1 Å². The molecule has 0 fully saturated rings. The molecule has 0 bridgehead atoms. The molecule has 8 heteroatoms. The Bertz CT molecular complexity index is 1230. The summed E-state index contributed by atoms with van der Waals surface area (Å²) in [4.78, 5) is 13.1. The molecule has 0 saturated carbocycles. The van der Waals surface area contributed by atoms with Gasteiger partial charge < -0.3 is 14.8 Å². The molecule has 0 radical (unpaired) electrons. The summed E-state index contributed by atoms with van der Waals surface area (Å²) in [5.74, 6) is 0.882. The lowest BCUT2D eigenvalue weighted by Gasteiger charge is -2.25. The number of ether oxygens (including phenoxy) is 2. The van der Waals surface area contributed by atoms with Crippen molar-refractivity contribution in [1.29, 1.82) is 0 Å². The standard InChI is InChI=1S/C25H26N2O5S/c1-18-8-11-22(12-9-18)33(29,30)27(21-6-4-3-5-7-21)17-25(28)26-19(2)20-10-13-23-24(16-20)32-15-14-31-23/h3-13,16,19H,14-15,17H2,1-2H3,(H,26,28)/t19-/m1/s1. The fraction of sp³-hybridized carbons (Fsp3) is 0.240. The van der Waals surface area contributed by atoms with Crippen LogP contribution < -0.4 is 19.1 Å². The number of hydrogen-bond acceptors (Lipinski definition) is 5. The summed E-state index contributed by atoms with van der Waals surface area (Å²) < 4.78 is 39.1. The van der Waals surface area contributed by atoms with Crippen LogP contribution in [0.4, 0.5) is 5.69 Å². The van der Waals surface area contributed by atoms with Crippen LogP contribution in [0.15, 0.2) is 77.7 Å². The van der Waals surface area contributed by atoms with Gasteiger partial charge in [-0.25, -0.2) is 8.42 Å². The van der Waals surface area contributed by atoms with Crippen LogP contribution in [-0.4, -0.2) is 34.1 Å². The summed E-state index contributed by atoms with van der Waals surface area (Å²) in [6.45, 7) is 4.35. The Kier molecular flexibility index (Phi) is 6.55. The van der Waals surface area contributed by atoms with Crippen molar-refractivity contribution in [2.45, 2.75) is 24.8 Å². The van der Waals surface area contributed by atoms with Crippen molar-refractivity contribution in [3.8, 4) is 11.5 Å². The summed E-state index contributed by atoms with van der Waals surface area (Å²) >= 11 is 0. The fourth-order valence-electron chi connectivity index (χ4n) is 3.58. The summed E-state index contributed by atoms with van der Waals surface area (Å²) in [6.07, 6.45) is 0. The van der Waals surface area contributed by atoms with E-state index in [9.17, 15) is 13.2 Å². The van der Waals surface area contributed by atoms with Crippen molar-refractivity contribution >= 4 is 21.6 Å². The number of rotatable bonds is 7. The second kappa shape index (κ2) is 9.54. The Morgan fingerprint density at radius 2 is 1.64 bits per heavy atom. The Balaban J connectivity index is 1.55. The van der Waals surface area contributed by atoms with Gasteiger partial charge >= 0.3 is 0 Å². The number of benzene rings is 3. The summed E-state index contributed by atoms with van der Waals surface area (Å²) in [7, 11) is -3.94. The van der Waals surface area contributed by atoms with Gasteiger partial charge in [0.1, 0.15) is 19.8 Å². The number of sulfonamides is 1. The first-order valence-corrected chi connectivity index (χ1v) is 12.1. The minimum Gasteiger partial charge on any atom is -0.486 e. The molecule has 1 amide bonds. The van der Waals surface area contributed by atoms with Crippen LogP contribution in [-0.2, 0) is 14.8 Å². The van der Waals surface area contributed by atoms with Crippen LogP contribution >= 0.6 is 0 Å². The number of nitrogens with one attached hydrogen (secondary N) is 1. The zero-order valence-corrected chi connectivity index (χ0v) is 19.3. The summed E-state index contributed by atoms with van der Waals surface area (Å²) in [6, 6.07) is 20.3. The molecule has 0 unspecified atom stereocenters. The Hall–Kier alpha value is -3.52. The van der Waals surface area contributed by atoms with Gasteiger partial charge in [-0.05, 0) is 55.8 Å². The molecule has 1 N–H and O–H groups in total. The monoisotopic (exact) mass is 466 g/mol. The molecule has 172 valence electrons. The third-order valence-electron chi connectivity index (χ3n) is 5.38. The minimum absolute atomic E-state index is 0.129. The van der Waals surface area contributed by atoms with Crippen molar-refractivity contribution in [3.05, 3.63) is 83.9 Å². The third kappa shape index (κ3) is 5.12. The zero-order valence-electron chi connectivity index (χ0n) is 18.5. The molecule has 0 spiro atoms. The predicted octanol–water partition coefficient (Wildman–Crippen LogP) is 3.84. The topological polar surface area (TPSA) is 84.9 Å². The molecule has 1 aliphatic rings. The van der Waals surface area contributed by atoms with E-state index in [0.717, 1.165) is 15.4 Å². The first-order chi connectivity index (χ1) is 15.8. The molecule has 1 atom stereocenters. The largest absolute Gasteiger partial charge is 0.486 e. The number of para-hydroxylation sites is 1. The highest BCUT2D eigenvalue weighted by Crippen LogP contribution is 2.32. The van der Waals surface area contributed by atoms with E-state index in [2.05, 4.69) is 5.32 Å². The minimum atomic E-state index is -3.94. The van der Waals surface area contributed by atoms with Gasteiger partial charge in [-0.2, -0.15) is 0 Å². The molecule has 33 heavy (non-hydrogen) atoms. The van der Waals surface area contributed by atoms with Crippen molar-refractivity contribution in [2.24, 2.45) is 0 Å². The lowest BCUT2D eigenvalue weighted by atomic mass is 10.1. The molecular weight excluding hydrogens is 440 g/mol. The third-order valence-corrected chi connectivity index (χ3v) is 7.17. The SMILES string of the molecule is Cc1ccc(S(=O)(=O)N(CC(=O)N[C@H](C)c2ccc3c(c2)OCCO3)c2ccccc2)cc1. The lowest BCUT2D eigenvalue weighted by molar-refractivity contribution is -0.120. The zero-order chi connectivity index (χ0) is 23.4. The highest BCUT2D eigenvalue weighted by molar-refractivity contribution is 7.92. The van der Waals surface area contributed by atoms with E-state index in [1.54, 1.807) is 54.6 Å². The summed E-state index contributed by atoms with van der Waals surface area (Å²) in [5, 5.41) is 2.89. The van der Waals surface area contributed by atoms with Gasteiger partial charge in [-0.15, -0.1) is 0 Å². The maximum Gasteiger partial charge on any atom is 0.264 e. The molecule has 7 nitrogen and oxygen atoms in total. The van der Waals surface area contributed by atoms with Crippen LogP contribution in [0.1, 0.15) is 24.1 Å². The number of aryl methyl sites for hydroxylation is 1. The average molecular weight is 467 g/mol. The van der Waals surface area contributed by atoms with Gasteiger partial charge in [-0.3, -0.25) is 9.10 Å². The fourth-order valence-corrected chi connectivity index (χ4v) is 5.00. The number of fused-ring (bicyclic) bond motifs is 1. The number of nitrogens with zero attached hydrogens (tertiary/aromatic N) is 1. The Labute approximate surface area is 194 Å². The molecule has 1 aliphatic heterocycles. The van der Waals surface area contributed by atoms with E-state index < -0.39 is 15.9 Å². The van der Waals surface area contributed by atoms with Crippen molar-refractivity contribution < 1.29 is 22.7 Å². The predicted molar refractivity (Wildman–Crippen MR) is 126 cm³/mol. The molecule has 4 rings (SSSR count). The number of hydrogen-bond donors (Lipinski definition) is 1. The Morgan fingerprint density at radius 1 is 0.970 bits per heavy atom. The van der Waals surface area contributed by atoms with Crippen LogP contribution in [0.5, 0.6) is 11.5 Å². The highest BCUT2D eigenvalue weighted by Gasteiger charge is 2.27. The second-order valence-electron chi connectivity index (χ2n) is 7.85. The van der Waals surface area contributed by atoms with Crippen LogP contribution in [0.25, 0.3) is 0 Å². The maximum absolute atomic E-state index is 13.4. The van der Waals surface area contributed by atoms with Gasteiger partial charge in [0.2, 0.25) is 5.91 Å². The van der Waals surface area contributed by atoms with Crippen molar-refractivity contribution in [1.82, 2.24) is 5.32 Å². The van der Waals surface area contributed by atoms with Gasteiger partial charge in [0.15, 0.2) is 11.5 Å². The van der Waals surface area contributed by atoms with Gasteiger partial charge in [0.25, 0.3) is 10.0 Å². The number of carbonyl (C=O) groups is 1. The van der Waals surface area contributed by atoms with Gasteiger partial charge in [-0.1, -0.05) is 42.0 Å². The number of carbonyl (C=O) groups excluding carboxylic acids is 1. The highest BCUT2D eigenvalue weighted by atomic mass is 32.2. The van der Waals surface area contributed by atoms with Crippen LogP contribution in [0.2, 0.25) is 0 Å². The molecule has 3 aromatic rings. The normalized spacial score (nSPS) is 13.8. The van der Waals surface area contributed by atoms with Crippen molar-refractivity contribution in [3.63, 3.8) is 0 Å².